The van der Waals surface area contributed by atoms with Crippen molar-refractivity contribution in [3.8, 4) is 0 Å². The van der Waals surface area contributed by atoms with E-state index in [2.05, 4.69) is 0 Å². The molecule has 0 atom stereocenters. The SMILES string of the molecule is OO.[NaH].[Ru]. The van der Waals surface area contributed by atoms with E-state index in [-0.39, 0.29) is 49.0 Å². The molecule has 0 saturated carbocycles. The summed E-state index contributed by atoms with van der Waals surface area (Å²) in [6, 6.07) is 0. The summed E-state index contributed by atoms with van der Waals surface area (Å²) in [4.78, 5) is 0. The fourth-order valence-electron chi connectivity index (χ4n) is 0. The van der Waals surface area contributed by atoms with Crippen molar-refractivity contribution < 1.29 is 30.0 Å². The molecule has 24 valence electrons. The smallest absolute Gasteiger partial charge is 0 e. The maximum atomic E-state index is 6.00. The summed E-state index contributed by atoms with van der Waals surface area (Å²) >= 11 is 0. The van der Waals surface area contributed by atoms with Crippen LogP contribution in [0.5, 0.6) is 0 Å². The first-order valence-electron chi connectivity index (χ1n) is 0.200. The molecule has 0 aromatic carbocycles. The molecule has 0 radical (unpaired) electrons. The van der Waals surface area contributed by atoms with E-state index < -0.39 is 0 Å². The second kappa shape index (κ2) is 23.9. The Hall–Kier alpha value is 1.54. The Bertz CT molecular complexity index is 6.00. The van der Waals surface area contributed by atoms with Crippen molar-refractivity contribution in [2.24, 2.45) is 0 Å². The van der Waals surface area contributed by atoms with E-state index in [0.717, 1.165) is 0 Å². The molecule has 0 aromatic rings. The molecule has 2 nitrogen and oxygen atoms in total. The summed E-state index contributed by atoms with van der Waals surface area (Å²) in [5, 5.41) is 12.0. The summed E-state index contributed by atoms with van der Waals surface area (Å²) in [6.07, 6.45) is 0. The Balaban J connectivity index is -0.00000000500. The van der Waals surface area contributed by atoms with E-state index in [0.29, 0.717) is 0 Å². The minimum absolute atomic E-state index is 0. The third-order valence-corrected chi connectivity index (χ3v) is 0. The molecule has 0 rings (SSSR count). The Kier molecular flexibility index (Phi) is 106. The first kappa shape index (κ1) is 17.7. The zero-order valence-electron chi connectivity index (χ0n) is 1.25. The zero-order chi connectivity index (χ0) is 2.00. The molecule has 0 heterocycles. The number of rotatable bonds is 0. The van der Waals surface area contributed by atoms with Crippen LogP contribution in [0.3, 0.4) is 0 Å². The second-order valence-electron chi connectivity index (χ2n) is 0. The molecular weight excluding hydrogens is 156 g/mol. The summed E-state index contributed by atoms with van der Waals surface area (Å²) in [6.45, 7) is 0. The molecule has 0 aliphatic rings. The van der Waals surface area contributed by atoms with Crippen molar-refractivity contribution in [1.29, 1.82) is 0 Å². The zero-order valence-corrected chi connectivity index (χ0v) is 2.99. The van der Waals surface area contributed by atoms with Crippen LogP contribution in [0.25, 0.3) is 0 Å². The van der Waals surface area contributed by atoms with Crippen LogP contribution in [0, 0.1) is 0 Å². The third-order valence-electron chi connectivity index (χ3n) is 0. The van der Waals surface area contributed by atoms with Gasteiger partial charge in [-0.2, -0.15) is 0 Å². The minimum atomic E-state index is 0. The Morgan fingerprint density at radius 3 is 1.00 bits per heavy atom. The van der Waals surface area contributed by atoms with E-state index >= 15 is 0 Å². The molecule has 2 N–H and O–H groups in total. The van der Waals surface area contributed by atoms with Gasteiger partial charge in [-0.3, -0.25) is 10.5 Å². The van der Waals surface area contributed by atoms with Crippen molar-refractivity contribution in [3.05, 3.63) is 0 Å². The van der Waals surface area contributed by atoms with Crippen molar-refractivity contribution in [1.82, 2.24) is 0 Å². The van der Waals surface area contributed by atoms with Gasteiger partial charge in [0.05, 0.1) is 0 Å². The summed E-state index contributed by atoms with van der Waals surface area (Å²) in [5.74, 6) is 0. The molecule has 0 saturated heterocycles. The Morgan fingerprint density at radius 1 is 1.00 bits per heavy atom. The third kappa shape index (κ3) is 9.62. The maximum Gasteiger partial charge on any atom is 0 e. The van der Waals surface area contributed by atoms with Crippen molar-refractivity contribution >= 4 is 29.6 Å². The predicted octanol–water partition coefficient (Wildman–Crippen LogP) is -0.634. The van der Waals surface area contributed by atoms with Gasteiger partial charge in [0, 0.05) is 19.5 Å². The monoisotopic (exact) mass is 160 g/mol. The molecule has 0 fully saturated rings. The van der Waals surface area contributed by atoms with E-state index in [1.165, 1.54) is 0 Å². The van der Waals surface area contributed by atoms with Crippen molar-refractivity contribution in [2.75, 3.05) is 0 Å². The summed E-state index contributed by atoms with van der Waals surface area (Å²) in [7, 11) is 0. The molecule has 0 aliphatic carbocycles. The van der Waals surface area contributed by atoms with Crippen LogP contribution in [-0.2, 0) is 19.5 Å². The van der Waals surface area contributed by atoms with Crippen molar-refractivity contribution in [2.45, 2.75) is 0 Å². The number of hydrogen-bond donors (Lipinski definition) is 2. The van der Waals surface area contributed by atoms with Crippen LogP contribution in [0.1, 0.15) is 0 Å². The van der Waals surface area contributed by atoms with Gasteiger partial charge >= 0.3 is 29.6 Å². The van der Waals surface area contributed by atoms with Crippen LogP contribution in [0.4, 0.5) is 0 Å². The average molecular weight is 159 g/mol. The van der Waals surface area contributed by atoms with Crippen LogP contribution < -0.4 is 0 Å². The average Bonchev–Trinajstić information content (AvgIpc) is 1.00. The van der Waals surface area contributed by atoms with E-state index in [1.807, 2.05) is 0 Å². The van der Waals surface area contributed by atoms with E-state index in [1.54, 1.807) is 0 Å². The molecule has 4 heavy (non-hydrogen) atoms. The largest absolute Gasteiger partial charge is 0 e. The van der Waals surface area contributed by atoms with Gasteiger partial charge in [0.2, 0.25) is 0 Å². The van der Waals surface area contributed by atoms with Gasteiger partial charge in [-0.15, -0.1) is 0 Å². The molecular formula is H3NaO2Ru. The molecule has 0 amide bonds. The van der Waals surface area contributed by atoms with Gasteiger partial charge in [-0.25, -0.2) is 0 Å². The normalized spacial score (nSPS) is 1.50. The Morgan fingerprint density at radius 2 is 1.00 bits per heavy atom. The number of hydrogen-bond acceptors (Lipinski definition) is 2. The van der Waals surface area contributed by atoms with Gasteiger partial charge in [0.15, 0.2) is 0 Å². The summed E-state index contributed by atoms with van der Waals surface area (Å²) in [5.41, 5.74) is 0. The first-order valence-corrected chi connectivity index (χ1v) is 0.200. The minimum Gasteiger partial charge on any atom is 0 e. The van der Waals surface area contributed by atoms with Crippen LogP contribution >= 0.6 is 0 Å². The Labute approximate surface area is 59.2 Å². The predicted molar refractivity (Wildman–Crippen MR) is 12.4 cm³/mol. The van der Waals surface area contributed by atoms with E-state index in [9.17, 15) is 0 Å². The van der Waals surface area contributed by atoms with Gasteiger partial charge in [0.1, 0.15) is 0 Å². The molecule has 0 bridgehead atoms. The maximum absolute atomic E-state index is 6.00. The standard InChI is InChI=1S/Na.H2O2.Ru.H/c;1-2;;/h;1-2H;;. The van der Waals surface area contributed by atoms with Gasteiger partial charge in [0.25, 0.3) is 0 Å². The second-order valence-corrected chi connectivity index (χ2v) is 0. The van der Waals surface area contributed by atoms with Crippen LogP contribution in [0.2, 0.25) is 0 Å². The fourth-order valence-corrected chi connectivity index (χ4v) is 0. The molecule has 0 aromatic heterocycles. The summed E-state index contributed by atoms with van der Waals surface area (Å²) < 4.78 is 0. The molecule has 0 unspecified atom stereocenters. The van der Waals surface area contributed by atoms with Crippen LogP contribution in [-0.4, -0.2) is 40.1 Å². The van der Waals surface area contributed by atoms with Gasteiger partial charge in [-0.05, 0) is 0 Å². The topological polar surface area (TPSA) is 40.5 Å². The van der Waals surface area contributed by atoms with Gasteiger partial charge < -0.3 is 0 Å². The van der Waals surface area contributed by atoms with E-state index in [4.69, 9.17) is 10.5 Å². The molecule has 0 aliphatic heterocycles. The first-order chi connectivity index (χ1) is 1.00. The quantitative estimate of drug-likeness (QED) is 0.280. The molecule has 0 spiro atoms. The fraction of sp³-hybridized carbons (Fsp3) is 0. The van der Waals surface area contributed by atoms with Crippen molar-refractivity contribution in [3.63, 3.8) is 0 Å². The molecule has 4 heteroatoms. The van der Waals surface area contributed by atoms with Crippen LogP contribution in [0.15, 0.2) is 0 Å². The van der Waals surface area contributed by atoms with Gasteiger partial charge in [-0.1, -0.05) is 0 Å².